The van der Waals surface area contributed by atoms with Crippen molar-refractivity contribution >= 4 is 0 Å². The van der Waals surface area contributed by atoms with Crippen LogP contribution in [0.2, 0.25) is 0 Å². The van der Waals surface area contributed by atoms with Gasteiger partial charge in [-0.1, -0.05) is 12.2 Å². The molecular weight excluding hydrogens is 138 g/mol. The molecule has 0 amide bonds. The second-order valence-corrected chi connectivity index (χ2v) is 2.95. The molecule has 0 bridgehead atoms. The number of allylic oxidation sites excluding steroid dienone is 3. The molecule has 1 heterocycles. The van der Waals surface area contributed by atoms with Gasteiger partial charge in [0.05, 0.1) is 12.6 Å². The molecule has 0 unspecified atom stereocenters. The Morgan fingerprint density at radius 2 is 2.27 bits per heavy atom. The summed E-state index contributed by atoms with van der Waals surface area (Å²) >= 11 is 0. The van der Waals surface area contributed by atoms with Crippen molar-refractivity contribution in [2.45, 2.75) is 26.9 Å². The fourth-order valence-corrected chi connectivity index (χ4v) is 0.972. The molecule has 2 nitrogen and oxygen atoms in total. The van der Waals surface area contributed by atoms with Crippen LogP contribution in [0, 0.1) is 0 Å². The Bertz CT molecular complexity index is 182. The van der Waals surface area contributed by atoms with Gasteiger partial charge in [-0.2, -0.15) is 0 Å². The molecule has 2 heteroatoms. The van der Waals surface area contributed by atoms with Crippen molar-refractivity contribution in [2.75, 3.05) is 6.54 Å². The van der Waals surface area contributed by atoms with Crippen molar-refractivity contribution in [3.63, 3.8) is 0 Å². The lowest BCUT2D eigenvalue weighted by molar-refractivity contribution is -0.155. The molecule has 0 spiro atoms. The van der Waals surface area contributed by atoms with Crippen molar-refractivity contribution in [1.29, 1.82) is 0 Å². The van der Waals surface area contributed by atoms with E-state index in [1.165, 1.54) is 5.70 Å². The predicted molar refractivity (Wildman–Crippen MR) is 45.8 cm³/mol. The molecule has 62 valence electrons. The quantitative estimate of drug-likeness (QED) is 0.602. The third kappa shape index (κ3) is 2.39. The first-order valence-electron chi connectivity index (χ1n) is 3.98. The first-order valence-corrected chi connectivity index (χ1v) is 3.98. The number of hydrogen-bond acceptors (Lipinski definition) is 2. The fraction of sp³-hybridized carbons (Fsp3) is 0.556. The van der Waals surface area contributed by atoms with E-state index in [-0.39, 0.29) is 6.10 Å². The SMILES string of the molecule is CC1=CC=CCN1OC(C)C. The topological polar surface area (TPSA) is 12.5 Å². The molecule has 11 heavy (non-hydrogen) atoms. The van der Waals surface area contributed by atoms with Crippen molar-refractivity contribution in [3.8, 4) is 0 Å². The molecule has 0 radical (unpaired) electrons. The lowest BCUT2D eigenvalue weighted by Gasteiger charge is -2.26. The highest BCUT2D eigenvalue weighted by molar-refractivity contribution is 5.14. The highest BCUT2D eigenvalue weighted by Gasteiger charge is 2.07. The average Bonchev–Trinajstić information content (AvgIpc) is 1.93. The van der Waals surface area contributed by atoms with Gasteiger partial charge in [0, 0.05) is 5.70 Å². The van der Waals surface area contributed by atoms with Gasteiger partial charge >= 0.3 is 0 Å². The summed E-state index contributed by atoms with van der Waals surface area (Å²) < 4.78 is 0. The van der Waals surface area contributed by atoms with Crippen molar-refractivity contribution < 1.29 is 4.84 Å². The van der Waals surface area contributed by atoms with E-state index >= 15 is 0 Å². The van der Waals surface area contributed by atoms with Crippen LogP contribution in [0.15, 0.2) is 23.9 Å². The van der Waals surface area contributed by atoms with Crippen LogP contribution in [0.5, 0.6) is 0 Å². The van der Waals surface area contributed by atoms with E-state index in [1.54, 1.807) is 0 Å². The van der Waals surface area contributed by atoms with Crippen LogP contribution in [0.3, 0.4) is 0 Å². The molecule has 0 aromatic heterocycles. The highest BCUT2D eigenvalue weighted by atomic mass is 16.7. The molecule has 0 saturated carbocycles. The van der Waals surface area contributed by atoms with Gasteiger partial charge in [-0.05, 0) is 26.8 Å². The Labute approximate surface area is 68.1 Å². The average molecular weight is 153 g/mol. The molecule has 0 aliphatic carbocycles. The zero-order chi connectivity index (χ0) is 8.27. The molecule has 0 aromatic rings. The summed E-state index contributed by atoms with van der Waals surface area (Å²) in [5, 5.41) is 1.91. The molecule has 1 rings (SSSR count). The van der Waals surface area contributed by atoms with Crippen LogP contribution in [-0.4, -0.2) is 17.7 Å². The number of rotatable bonds is 2. The Kier molecular flexibility index (Phi) is 2.71. The van der Waals surface area contributed by atoms with E-state index in [4.69, 9.17) is 4.84 Å². The Morgan fingerprint density at radius 1 is 1.55 bits per heavy atom. The van der Waals surface area contributed by atoms with Gasteiger partial charge in [0.2, 0.25) is 0 Å². The maximum absolute atomic E-state index is 5.52. The zero-order valence-corrected chi connectivity index (χ0v) is 7.37. The van der Waals surface area contributed by atoms with Gasteiger partial charge in [0.25, 0.3) is 0 Å². The third-order valence-corrected chi connectivity index (χ3v) is 1.48. The van der Waals surface area contributed by atoms with E-state index in [0.717, 1.165) is 6.54 Å². The molecular formula is C9H15NO. The van der Waals surface area contributed by atoms with E-state index < -0.39 is 0 Å². The van der Waals surface area contributed by atoms with Crippen LogP contribution in [0.4, 0.5) is 0 Å². The monoisotopic (exact) mass is 153 g/mol. The van der Waals surface area contributed by atoms with Crippen molar-refractivity contribution in [3.05, 3.63) is 23.9 Å². The number of nitrogens with zero attached hydrogens (tertiary/aromatic N) is 1. The van der Waals surface area contributed by atoms with Gasteiger partial charge in [-0.15, -0.1) is 0 Å². The predicted octanol–water partition coefficient (Wildman–Crippen LogP) is 2.10. The van der Waals surface area contributed by atoms with E-state index in [0.29, 0.717) is 0 Å². The molecule has 0 atom stereocenters. The molecule has 0 fully saturated rings. The Morgan fingerprint density at radius 3 is 2.82 bits per heavy atom. The Balaban J connectivity index is 2.47. The summed E-state index contributed by atoms with van der Waals surface area (Å²) in [5.74, 6) is 0. The second kappa shape index (κ2) is 3.58. The van der Waals surface area contributed by atoms with E-state index in [2.05, 4.69) is 12.2 Å². The maximum Gasteiger partial charge on any atom is 0.0800 e. The summed E-state index contributed by atoms with van der Waals surface area (Å²) in [6.07, 6.45) is 6.43. The first kappa shape index (κ1) is 8.34. The number of hydrogen-bond donors (Lipinski definition) is 0. The first-order chi connectivity index (χ1) is 5.20. The van der Waals surface area contributed by atoms with Gasteiger partial charge in [0.15, 0.2) is 0 Å². The highest BCUT2D eigenvalue weighted by Crippen LogP contribution is 2.10. The molecule has 0 aromatic carbocycles. The Hall–Kier alpha value is -0.760. The van der Waals surface area contributed by atoms with Crippen LogP contribution in [0.1, 0.15) is 20.8 Å². The second-order valence-electron chi connectivity index (χ2n) is 2.95. The summed E-state index contributed by atoms with van der Waals surface area (Å²) in [7, 11) is 0. The fourth-order valence-electron chi connectivity index (χ4n) is 0.972. The van der Waals surface area contributed by atoms with Gasteiger partial charge in [-0.3, -0.25) is 9.90 Å². The zero-order valence-electron chi connectivity index (χ0n) is 7.37. The van der Waals surface area contributed by atoms with Crippen molar-refractivity contribution in [1.82, 2.24) is 5.06 Å². The molecule has 1 aliphatic heterocycles. The van der Waals surface area contributed by atoms with Crippen LogP contribution in [-0.2, 0) is 4.84 Å². The lowest BCUT2D eigenvalue weighted by Crippen LogP contribution is -2.27. The van der Waals surface area contributed by atoms with E-state index in [9.17, 15) is 0 Å². The molecule has 1 aliphatic rings. The van der Waals surface area contributed by atoms with Gasteiger partial charge in [0.1, 0.15) is 0 Å². The normalized spacial score (nSPS) is 17.5. The minimum absolute atomic E-state index is 0.254. The van der Waals surface area contributed by atoms with Crippen LogP contribution < -0.4 is 0 Å². The van der Waals surface area contributed by atoms with E-state index in [1.807, 2.05) is 31.9 Å². The largest absolute Gasteiger partial charge is 0.271 e. The summed E-state index contributed by atoms with van der Waals surface area (Å²) in [6.45, 7) is 6.98. The maximum atomic E-state index is 5.52. The minimum atomic E-state index is 0.254. The van der Waals surface area contributed by atoms with Crippen LogP contribution >= 0.6 is 0 Å². The molecule has 0 saturated heterocycles. The smallest absolute Gasteiger partial charge is 0.0800 e. The van der Waals surface area contributed by atoms with Crippen molar-refractivity contribution in [2.24, 2.45) is 0 Å². The van der Waals surface area contributed by atoms with Crippen LogP contribution in [0.25, 0.3) is 0 Å². The van der Waals surface area contributed by atoms with Gasteiger partial charge < -0.3 is 0 Å². The van der Waals surface area contributed by atoms with Gasteiger partial charge in [-0.25, -0.2) is 0 Å². The number of hydroxylamine groups is 2. The minimum Gasteiger partial charge on any atom is -0.271 e. The lowest BCUT2D eigenvalue weighted by atomic mass is 10.3. The third-order valence-electron chi connectivity index (χ3n) is 1.48. The summed E-state index contributed by atoms with van der Waals surface area (Å²) in [4.78, 5) is 5.52. The standard InChI is InChI=1S/C9H15NO/c1-8(2)11-10-7-5-4-6-9(10)3/h4-6,8H,7H2,1-3H3. The summed E-state index contributed by atoms with van der Waals surface area (Å²) in [6, 6.07) is 0. The summed E-state index contributed by atoms with van der Waals surface area (Å²) in [5.41, 5.74) is 1.17. The molecule has 0 N–H and O–H groups in total.